The van der Waals surface area contributed by atoms with Gasteiger partial charge in [0.15, 0.2) is 11.6 Å². The van der Waals surface area contributed by atoms with Crippen molar-refractivity contribution in [3.8, 4) is 0 Å². The summed E-state index contributed by atoms with van der Waals surface area (Å²) < 4.78 is 0. The first-order valence-corrected chi connectivity index (χ1v) is 17.0. The fourth-order valence-corrected chi connectivity index (χ4v) is 7.72. The SMILES string of the molecule is CC1=NN(CC(=O)c2ccccc2)C(=O)C1(C)C1CCCCC1.CC1=NN(CC(=O)c2ccccc2)C(=O)[C@@]1(C)C1CCCCC1. The van der Waals surface area contributed by atoms with Crippen molar-refractivity contribution < 1.29 is 19.2 Å². The minimum absolute atomic E-state index is 0.00817. The van der Waals surface area contributed by atoms with Crippen LogP contribution in [0.3, 0.4) is 0 Å². The van der Waals surface area contributed by atoms with Gasteiger partial charge in [-0.25, -0.2) is 10.0 Å². The average molecular weight is 625 g/mol. The number of Topliss-reactive ketones (excluding diaryl/α,β-unsaturated/α-hetero) is 2. The molecule has 0 radical (unpaired) electrons. The highest BCUT2D eigenvalue weighted by molar-refractivity contribution is 6.13. The molecule has 0 bridgehead atoms. The van der Waals surface area contributed by atoms with Crippen molar-refractivity contribution in [2.24, 2.45) is 32.9 Å². The quantitative estimate of drug-likeness (QED) is 0.287. The molecule has 2 fully saturated rings. The second-order valence-corrected chi connectivity index (χ2v) is 13.7. The normalized spacial score (nSPS) is 25.6. The third-order valence-electron chi connectivity index (χ3n) is 11.0. The van der Waals surface area contributed by atoms with Crippen LogP contribution in [-0.2, 0) is 9.59 Å². The first kappa shape index (κ1) is 33.4. The van der Waals surface area contributed by atoms with E-state index in [4.69, 9.17) is 0 Å². The smallest absolute Gasteiger partial charge is 0.255 e. The van der Waals surface area contributed by atoms with Crippen LogP contribution in [0.2, 0.25) is 0 Å². The van der Waals surface area contributed by atoms with Crippen molar-refractivity contribution in [3.05, 3.63) is 71.8 Å². The number of carbonyl (C=O) groups is 4. The molecule has 2 aliphatic heterocycles. The molecule has 6 rings (SSSR count). The largest absolute Gasteiger partial charge is 0.292 e. The Hall–Kier alpha value is -3.94. The first-order chi connectivity index (χ1) is 22.1. The van der Waals surface area contributed by atoms with Crippen molar-refractivity contribution in [1.82, 2.24) is 10.0 Å². The lowest BCUT2D eigenvalue weighted by Crippen LogP contribution is -2.44. The van der Waals surface area contributed by atoms with Crippen molar-refractivity contribution in [2.45, 2.75) is 91.9 Å². The van der Waals surface area contributed by atoms with E-state index < -0.39 is 10.8 Å². The van der Waals surface area contributed by atoms with E-state index >= 15 is 0 Å². The molecule has 8 nitrogen and oxygen atoms in total. The van der Waals surface area contributed by atoms with E-state index in [0.29, 0.717) is 23.0 Å². The van der Waals surface area contributed by atoms with Gasteiger partial charge in [0.1, 0.15) is 13.1 Å². The van der Waals surface area contributed by atoms with Gasteiger partial charge in [-0.1, -0.05) is 99.2 Å². The van der Waals surface area contributed by atoms with Gasteiger partial charge in [-0.3, -0.25) is 19.2 Å². The van der Waals surface area contributed by atoms with Gasteiger partial charge < -0.3 is 0 Å². The topological polar surface area (TPSA) is 99.5 Å². The zero-order valence-electron chi connectivity index (χ0n) is 27.8. The van der Waals surface area contributed by atoms with Crippen LogP contribution in [0, 0.1) is 22.7 Å². The summed E-state index contributed by atoms with van der Waals surface area (Å²) in [5, 5.41) is 11.7. The third-order valence-corrected chi connectivity index (χ3v) is 11.0. The van der Waals surface area contributed by atoms with Gasteiger partial charge in [-0.2, -0.15) is 10.2 Å². The average Bonchev–Trinajstić information content (AvgIpc) is 3.45. The molecule has 2 aliphatic carbocycles. The van der Waals surface area contributed by atoms with E-state index in [9.17, 15) is 19.2 Å². The summed E-state index contributed by atoms with van der Waals surface area (Å²) in [6.45, 7) is 7.94. The predicted octanol–water partition coefficient (Wildman–Crippen LogP) is 7.35. The number of hydrazone groups is 2. The van der Waals surface area contributed by atoms with Gasteiger partial charge >= 0.3 is 0 Å². The molecule has 2 amide bonds. The lowest BCUT2D eigenvalue weighted by atomic mass is 9.67. The zero-order valence-corrected chi connectivity index (χ0v) is 27.8. The Labute approximate surface area is 273 Å². The molecule has 2 saturated carbocycles. The Morgan fingerprint density at radius 1 is 0.609 bits per heavy atom. The Bertz CT molecular complexity index is 1380. The van der Waals surface area contributed by atoms with Crippen molar-refractivity contribution in [2.75, 3.05) is 13.1 Å². The highest BCUT2D eigenvalue weighted by atomic mass is 16.2. The highest BCUT2D eigenvalue weighted by Crippen LogP contribution is 2.45. The van der Waals surface area contributed by atoms with Crippen molar-refractivity contribution in [1.29, 1.82) is 0 Å². The van der Waals surface area contributed by atoms with E-state index in [1.54, 1.807) is 24.3 Å². The van der Waals surface area contributed by atoms with E-state index in [-0.39, 0.29) is 36.5 Å². The van der Waals surface area contributed by atoms with Gasteiger partial charge in [0.25, 0.3) is 11.8 Å². The fraction of sp³-hybridized carbons (Fsp3) is 0.526. The number of amides is 2. The molecule has 0 aromatic heterocycles. The van der Waals surface area contributed by atoms with E-state index in [2.05, 4.69) is 10.2 Å². The molecule has 2 aromatic rings. The third kappa shape index (κ3) is 6.62. The second-order valence-electron chi connectivity index (χ2n) is 13.7. The summed E-state index contributed by atoms with van der Waals surface area (Å²) in [5.41, 5.74) is 1.90. The summed E-state index contributed by atoms with van der Waals surface area (Å²) in [6.07, 6.45) is 11.6. The van der Waals surface area contributed by atoms with Crippen molar-refractivity contribution in [3.63, 3.8) is 0 Å². The molecule has 2 atom stereocenters. The molecule has 244 valence electrons. The van der Waals surface area contributed by atoms with Gasteiger partial charge in [-0.05, 0) is 65.2 Å². The van der Waals surface area contributed by atoms with Crippen LogP contribution in [0.5, 0.6) is 0 Å². The monoisotopic (exact) mass is 624 g/mol. The zero-order chi connectivity index (χ0) is 32.9. The number of ketones is 2. The molecular weight excluding hydrogens is 576 g/mol. The number of carbonyl (C=O) groups excluding carboxylic acids is 4. The molecule has 8 heteroatoms. The van der Waals surface area contributed by atoms with Crippen LogP contribution in [-0.4, -0.2) is 57.9 Å². The highest BCUT2D eigenvalue weighted by Gasteiger charge is 2.52. The lowest BCUT2D eigenvalue weighted by Gasteiger charge is -2.35. The van der Waals surface area contributed by atoms with Gasteiger partial charge in [0.2, 0.25) is 0 Å². The summed E-state index contributed by atoms with van der Waals surface area (Å²) in [6, 6.07) is 18.2. The molecule has 2 heterocycles. The summed E-state index contributed by atoms with van der Waals surface area (Å²) >= 11 is 0. The fourth-order valence-electron chi connectivity index (χ4n) is 7.72. The summed E-state index contributed by atoms with van der Waals surface area (Å²) in [7, 11) is 0. The minimum Gasteiger partial charge on any atom is -0.292 e. The van der Waals surface area contributed by atoms with Crippen molar-refractivity contribution >= 4 is 34.8 Å². The number of rotatable bonds is 8. The maximum absolute atomic E-state index is 13.0. The van der Waals surface area contributed by atoms with Crippen LogP contribution >= 0.6 is 0 Å². The van der Waals surface area contributed by atoms with E-state index in [1.807, 2.05) is 64.1 Å². The van der Waals surface area contributed by atoms with Crippen LogP contribution in [0.4, 0.5) is 0 Å². The maximum Gasteiger partial charge on any atom is 0.255 e. The van der Waals surface area contributed by atoms with Gasteiger partial charge in [-0.15, -0.1) is 0 Å². The lowest BCUT2D eigenvalue weighted by molar-refractivity contribution is -0.138. The first-order valence-electron chi connectivity index (χ1n) is 17.0. The van der Waals surface area contributed by atoms with Crippen LogP contribution in [0.15, 0.2) is 70.9 Å². The predicted molar refractivity (Wildman–Crippen MR) is 181 cm³/mol. The molecule has 4 aliphatic rings. The number of nitrogens with zero attached hydrogens (tertiary/aromatic N) is 4. The maximum atomic E-state index is 13.0. The number of hydrogen-bond donors (Lipinski definition) is 0. The Balaban J connectivity index is 0.000000181. The van der Waals surface area contributed by atoms with E-state index in [1.165, 1.54) is 48.5 Å². The summed E-state index contributed by atoms with van der Waals surface area (Å²) in [4.78, 5) is 50.7. The Kier molecular flexibility index (Phi) is 10.3. The minimum atomic E-state index is -0.530. The Morgan fingerprint density at radius 2 is 0.935 bits per heavy atom. The second kappa shape index (κ2) is 14.2. The molecule has 1 unspecified atom stereocenters. The summed E-state index contributed by atoms with van der Waals surface area (Å²) in [5.74, 6) is 0.554. The van der Waals surface area contributed by atoms with Crippen LogP contribution < -0.4 is 0 Å². The van der Waals surface area contributed by atoms with Crippen LogP contribution in [0.25, 0.3) is 0 Å². The van der Waals surface area contributed by atoms with E-state index in [0.717, 1.165) is 37.1 Å². The standard InChI is InChI=1S/2C19H24N2O2/c2*1-14-19(2,16-11-7-4-8-12-16)18(23)21(20-14)13-17(22)15-9-5-3-6-10-15/h2*3,5-6,9-10,16H,4,7-8,11-13H2,1-2H3/t19-;/m1./s1. The van der Waals surface area contributed by atoms with Crippen LogP contribution in [0.1, 0.15) is 113 Å². The molecule has 0 N–H and O–H groups in total. The molecule has 2 aromatic carbocycles. The number of benzene rings is 2. The molecule has 0 saturated heterocycles. The Morgan fingerprint density at radius 3 is 1.26 bits per heavy atom. The molecule has 0 spiro atoms. The molecule has 46 heavy (non-hydrogen) atoms. The number of hydrogen-bond acceptors (Lipinski definition) is 6. The van der Waals surface area contributed by atoms with Gasteiger partial charge in [0, 0.05) is 11.1 Å². The molecular formula is C38H48N4O4. The van der Waals surface area contributed by atoms with Gasteiger partial charge in [0.05, 0.1) is 22.3 Å².